The molecule has 0 aliphatic rings. The minimum atomic E-state index is -3.63. The van der Waals surface area contributed by atoms with Crippen LogP contribution in [0.4, 0.5) is 0 Å². The van der Waals surface area contributed by atoms with Crippen LogP contribution in [-0.4, -0.2) is 8.42 Å². The Bertz CT molecular complexity index is 535. The summed E-state index contributed by atoms with van der Waals surface area (Å²) in [4.78, 5) is 2.39. The van der Waals surface area contributed by atoms with Gasteiger partial charge >= 0.3 is 0 Å². The highest BCUT2D eigenvalue weighted by Gasteiger charge is 2.13. The Hall–Kier alpha value is -0.750. The maximum absolute atomic E-state index is 11.9. The number of hydrogen-bond acceptors (Lipinski definition) is 3. The third-order valence-electron chi connectivity index (χ3n) is 2.25. The number of hydrogen-bond donors (Lipinski definition) is 2. The van der Waals surface area contributed by atoms with Crippen LogP contribution in [0, 0.1) is 6.92 Å². The SMILES string of the molecule is CCC(NNS(=O)(=O)c1ccc(C)cc1)=C(Cl)Cl. The van der Waals surface area contributed by atoms with Gasteiger partial charge in [-0.15, -0.1) is 4.83 Å². The van der Waals surface area contributed by atoms with Crippen LogP contribution < -0.4 is 10.3 Å². The molecular weight excluding hydrogens is 295 g/mol. The van der Waals surface area contributed by atoms with E-state index in [2.05, 4.69) is 10.3 Å². The van der Waals surface area contributed by atoms with E-state index in [9.17, 15) is 8.42 Å². The van der Waals surface area contributed by atoms with Gasteiger partial charge in [0.15, 0.2) is 0 Å². The van der Waals surface area contributed by atoms with Gasteiger partial charge in [-0.05, 0) is 25.5 Å². The highest BCUT2D eigenvalue weighted by atomic mass is 35.5. The van der Waals surface area contributed by atoms with Crippen molar-refractivity contribution >= 4 is 33.2 Å². The Morgan fingerprint density at radius 1 is 1.22 bits per heavy atom. The van der Waals surface area contributed by atoms with Crippen LogP contribution in [0.15, 0.2) is 39.3 Å². The quantitative estimate of drug-likeness (QED) is 0.822. The summed E-state index contributed by atoms with van der Waals surface area (Å²) in [5.74, 6) is 0. The molecule has 2 N–H and O–H groups in total. The lowest BCUT2D eigenvalue weighted by Gasteiger charge is -2.11. The molecule has 0 aromatic heterocycles. The molecule has 0 heterocycles. The highest BCUT2D eigenvalue weighted by Crippen LogP contribution is 2.14. The fraction of sp³-hybridized carbons (Fsp3) is 0.273. The van der Waals surface area contributed by atoms with E-state index in [1.165, 1.54) is 12.1 Å². The lowest BCUT2D eigenvalue weighted by atomic mass is 10.2. The number of rotatable bonds is 5. The summed E-state index contributed by atoms with van der Waals surface area (Å²) >= 11 is 11.2. The van der Waals surface area contributed by atoms with E-state index >= 15 is 0 Å². The zero-order valence-electron chi connectivity index (χ0n) is 10.00. The molecule has 0 saturated heterocycles. The molecule has 0 saturated carbocycles. The molecule has 0 unspecified atom stereocenters. The molecule has 0 bridgehead atoms. The average Bonchev–Trinajstić information content (AvgIpc) is 2.29. The summed E-state index contributed by atoms with van der Waals surface area (Å²) in [6.45, 7) is 3.68. The molecule has 0 aliphatic carbocycles. The number of hydrazine groups is 1. The topological polar surface area (TPSA) is 58.2 Å². The number of benzene rings is 1. The van der Waals surface area contributed by atoms with Crippen molar-refractivity contribution in [2.75, 3.05) is 0 Å². The Balaban J connectivity index is 2.84. The second-order valence-corrected chi connectivity index (χ2v) is 6.27. The van der Waals surface area contributed by atoms with Crippen molar-refractivity contribution in [3.05, 3.63) is 40.0 Å². The van der Waals surface area contributed by atoms with Gasteiger partial charge < -0.3 is 5.43 Å². The molecule has 100 valence electrons. The van der Waals surface area contributed by atoms with Gasteiger partial charge in [-0.25, -0.2) is 8.42 Å². The van der Waals surface area contributed by atoms with Crippen LogP contribution >= 0.6 is 23.2 Å². The van der Waals surface area contributed by atoms with Crippen LogP contribution in [0.25, 0.3) is 0 Å². The minimum absolute atomic E-state index is 0.00380. The largest absolute Gasteiger partial charge is 0.310 e. The van der Waals surface area contributed by atoms with Crippen molar-refractivity contribution in [2.24, 2.45) is 0 Å². The number of halogens is 2. The molecule has 1 rings (SSSR count). The van der Waals surface area contributed by atoms with E-state index in [0.29, 0.717) is 12.1 Å². The zero-order chi connectivity index (χ0) is 13.8. The first kappa shape index (κ1) is 15.3. The number of aryl methyl sites for hydroxylation is 1. The second-order valence-electron chi connectivity index (χ2n) is 3.64. The molecule has 0 atom stereocenters. The first-order valence-corrected chi connectivity index (χ1v) is 7.49. The standard InChI is InChI=1S/C11H14Cl2N2O2S/c1-3-10(11(12)13)14-15-18(16,17)9-6-4-8(2)5-7-9/h4-7,14-15H,3H2,1-2H3. The van der Waals surface area contributed by atoms with Crippen molar-refractivity contribution < 1.29 is 8.42 Å². The van der Waals surface area contributed by atoms with E-state index in [1.807, 2.05) is 6.92 Å². The maximum atomic E-state index is 11.9. The van der Waals surface area contributed by atoms with Gasteiger partial charge in [-0.2, -0.15) is 0 Å². The van der Waals surface area contributed by atoms with Crippen molar-refractivity contribution in [3.63, 3.8) is 0 Å². The molecule has 1 aromatic carbocycles. The number of sulfonamides is 1. The lowest BCUT2D eigenvalue weighted by Crippen LogP contribution is -2.36. The van der Waals surface area contributed by atoms with Gasteiger partial charge in [0, 0.05) is 0 Å². The highest BCUT2D eigenvalue weighted by molar-refractivity contribution is 7.89. The van der Waals surface area contributed by atoms with E-state index in [-0.39, 0.29) is 9.39 Å². The van der Waals surface area contributed by atoms with Gasteiger partial charge in [-0.1, -0.05) is 47.8 Å². The molecule has 0 aliphatic heterocycles. The van der Waals surface area contributed by atoms with E-state index < -0.39 is 10.0 Å². The Morgan fingerprint density at radius 3 is 2.22 bits per heavy atom. The summed E-state index contributed by atoms with van der Waals surface area (Å²) in [5.41, 5.74) is 3.90. The third-order valence-corrected chi connectivity index (χ3v) is 3.97. The van der Waals surface area contributed by atoms with Crippen molar-refractivity contribution in [1.29, 1.82) is 0 Å². The fourth-order valence-electron chi connectivity index (χ4n) is 1.17. The first-order valence-electron chi connectivity index (χ1n) is 5.25. The van der Waals surface area contributed by atoms with Crippen LogP contribution in [0.3, 0.4) is 0 Å². The average molecular weight is 309 g/mol. The Kier molecular flexibility index (Phi) is 5.47. The summed E-state index contributed by atoms with van der Waals surface area (Å²) < 4.78 is 23.8. The van der Waals surface area contributed by atoms with Crippen LogP contribution in [0.2, 0.25) is 0 Å². The monoisotopic (exact) mass is 308 g/mol. The lowest BCUT2D eigenvalue weighted by molar-refractivity contribution is 0.568. The normalized spacial score (nSPS) is 11.1. The van der Waals surface area contributed by atoms with E-state index in [4.69, 9.17) is 23.2 Å². The third kappa shape index (κ3) is 4.17. The smallest absolute Gasteiger partial charge is 0.257 e. The molecule has 4 nitrogen and oxygen atoms in total. The summed E-state index contributed by atoms with van der Waals surface area (Å²) in [7, 11) is -3.63. The van der Waals surface area contributed by atoms with E-state index in [0.717, 1.165) is 5.56 Å². The molecule has 18 heavy (non-hydrogen) atoms. The zero-order valence-corrected chi connectivity index (χ0v) is 12.3. The fourth-order valence-corrected chi connectivity index (χ4v) is 2.41. The van der Waals surface area contributed by atoms with Gasteiger partial charge in [0.1, 0.15) is 4.49 Å². The number of allylic oxidation sites excluding steroid dienone is 1. The second kappa shape index (κ2) is 6.43. The molecule has 0 fully saturated rings. The molecular formula is C11H14Cl2N2O2S. The van der Waals surface area contributed by atoms with Crippen LogP contribution in [-0.2, 0) is 10.0 Å². The van der Waals surface area contributed by atoms with E-state index in [1.54, 1.807) is 19.1 Å². The molecule has 7 heteroatoms. The summed E-state index contributed by atoms with van der Waals surface area (Å²) in [6, 6.07) is 6.49. The van der Waals surface area contributed by atoms with Crippen molar-refractivity contribution in [3.8, 4) is 0 Å². The molecule has 0 amide bonds. The molecule has 0 spiro atoms. The predicted octanol–water partition coefficient (Wildman–Crippen LogP) is 2.83. The maximum Gasteiger partial charge on any atom is 0.257 e. The minimum Gasteiger partial charge on any atom is -0.310 e. The van der Waals surface area contributed by atoms with Crippen LogP contribution in [0.5, 0.6) is 0 Å². The Labute approximate surface area is 117 Å². The van der Waals surface area contributed by atoms with Gasteiger partial charge in [0.2, 0.25) is 0 Å². The van der Waals surface area contributed by atoms with Gasteiger partial charge in [-0.3, -0.25) is 0 Å². The summed E-state index contributed by atoms with van der Waals surface area (Å²) in [5, 5.41) is 0. The van der Waals surface area contributed by atoms with Crippen molar-refractivity contribution in [2.45, 2.75) is 25.2 Å². The Morgan fingerprint density at radius 2 is 1.78 bits per heavy atom. The van der Waals surface area contributed by atoms with Gasteiger partial charge in [0.25, 0.3) is 10.0 Å². The number of nitrogens with one attached hydrogen (secondary N) is 2. The predicted molar refractivity (Wildman–Crippen MR) is 73.7 cm³/mol. The molecule has 1 aromatic rings. The van der Waals surface area contributed by atoms with Gasteiger partial charge in [0.05, 0.1) is 10.6 Å². The summed E-state index contributed by atoms with van der Waals surface area (Å²) in [6.07, 6.45) is 0.485. The van der Waals surface area contributed by atoms with Crippen LogP contribution in [0.1, 0.15) is 18.9 Å². The molecule has 0 radical (unpaired) electrons. The first-order chi connectivity index (χ1) is 8.36. The van der Waals surface area contributed by atoms with Crippen molar-refractivity contribution in [1.82, 2.24) is 10.3 Å².